The third-order valence-electron chi connectivity index (χ3n) is 3.64. The van der Waals surface area contributed by atoms with E-state index in [0.717, 1.165) is 24.0 Å². The Morgan fingerprint density at radius 3 is 2.46 bits per heavy atom. The van der Waals surface area contributed by atoms with Crippen molar-refractivity contribution in [2.45, 2.75) is 26.7 Å². The Balaban J connectivity index is 2.04. The lowest BCUT2D eigenvalue weighted by atomic mass is 10.0. The van der Waals surface area contributed by atoms with Crippen LogP contribution >= 0.6 is 0 Å². The van der Waals surface area contributed by atoms with Gasteiger partial charge in [0.1, 0.15) is 18.1 Å². The maximum absolute atomic E-state index is 9.87. The highest BCUT2D eigenvalue weighted by Crippen LogP contribution is 2.28. The molecule has 2 N–H and O–H groups in total. The van der Waals surface area contributed by atoms with E-state index in [2.05, 4.69) is 0 Å². The summed E-state index contributed by atoms with van der Waals surface area (Å²) in [5.74, 6) is 1.46. The molecule has 0 heterocycles. The molecule has 2 aromatic rings. The Morgan fingerprint density at radius 2 is 1.75 bits per heavy atom. The topological polar surface area (TPSA) is 58.9 Å². The summed E-state index contributed by atoms with van der Waals surface area (Å²) in [4.78, 5) is 0. The first-order chi connectivity index (χ1) is 11.5. The number of hydrogen-bond donors (Lipinski definition) is 2. The number of phenols is 2. The third kappa shape index (κ3) is 5.23. The summed E-state index contributed by atoms with van der Waals surface area (Å²) in [7, 11) is 1.53. The number of aryl methyl sites for hydroxylation is 2. The summed E-state index contributed by atoms with van der Waals surface area (Å²) >= 11 is 0. The molecule has 0 aromatic heterocycles. The van der Waals surface area contributed by atoms with Gasteiger partial charge in [0.05, 0.1) is 7.11 Å². The Morgan fingerprint density at radius 1 is 1.00 bits per heavy atom. The van der Waals surface area contributed by atoms with Crippen LogP contribution < -0.4 is 9.47 Å². The summed E-state index contributed by atoms with van der Waals surface area (Å²) in [6, 6.07) is 10.6. The third-order valence-corrected chi connectivity index (χ3v) is 3.64. The van der Waals surface area contributed by atoms with E-state index in [1.165, 1.54) is 12.7 Å². The van der Waals surface area contributed by atoms with Crippen LogP contribution in [0.15, 0.2) is 48.0 Å². The van der Waals surface area contributed by atoms with Gasteiger partial charge in [-0.25, -0.2) is 0 Å². The second-order valence-corrected chi connectivity index (χ2v) is 5.93. The summed E-state index contributed by atoms with van der Waals surface area (Å²) in [5, 5.41) is 19.5. The molecule has 0 aliphatic heterocycles. The van der Waals surface area contributed by atoms with Gasteiger partial charge in [-0.1, -0.05) is 11.6 Å². The molecule has 0 saturated heterocycles. The van der Waals surface area contributed by atoms with Crippen molar-refractivity contribution in [2.75, 3.05) is 13.7 Å². The van der Waals surface area contributed by atoms with Gasteiger partial charge < -0.3 is 19.7 Å². The Kier molecular flexibility index (Phi) is 6.13. The fraction of sp³-hybridized carbons (Fsp3) is 0.300. The molecular weight excluding hydrogens is 304 g/mol. The molecule has 0 atom stereocenters. The van der Waals surface area contributed by atoms with Crippen molar-refractivity contribution in [3.05, 3.63) is 59.2 Å². The average Bonchev–Trinajstić information content (AvgIpc) is 2.53. The van der Waals surface area contributed by atoms with Crippen molar-refractivity contribution in [3.8, 4) is 23.0 Å². The lowest BCUT2D eigenvalue weighted by Gasteiger charge is -2.09. The zero-order chi connectivity index (χ0) is 17.5. The zero-order valence-corrected chi connectivity index (χ0v) is 14.4. The number of benzene rings is 2. The summed E-state index contributed by atoms with van der Waals surface area (Å²) in [6.45, 7) is 4.52. The summed E-state index contributed by atoms with van der Waals surface area (Å²) < 4.78 is 10.8. The minimum atomic E-state index is 0.133. The monoisotopic (exact) mass is 328 g/mol. The van der Waals surface area contributed by atoms with E-state index in [1.807, 2.05) is 38.1 Å². The number of phenolic OH excluding ortho intramolecular Hbond substituents is 2. The molecule has 2 rings (SSSR count). The van der Waals surface area contributed by atoms with E-state index >= 15 is 0 Å². The van der Waals surface area contributed by atoms with E-state index in [4.69, 9.17) is 9.47 Å². The fourth-order valence-corrected chi connectivity index (χ4v) is 2.34. The van der Waals surface area contributed by atoms with Crippen LogP contribution in [0.1, 0.15) is 25.0 Å². The first kappa shape index (κ1) is 17.7. The zero-order valence-electron chi connectivity index (χ0n) is 14.4. The number of rotatable bonds is 7. The molecule has 24 heavy (non-hydrogen) atoms. The van der Waals surface area contributed by atoms with Crippen LogP contribution in [0, 0.1) is 0 Å². The van der Waals surface area contributed by atoms with E-state index < -0.39 is 0 Å². The first-order valence-electron chi connectivity index (χ1n) is 7.93. The molecule has 0 bridgehead atoms. The van der Waals surface area contributed by atoms with Gasteiger partial charge in [0.25, 0.3) is 0 Å². The second kappa shape index (κ2) is 8.29. The van der Waals surface area contributed by atoms with Crippen LogP contribution in [0.4, 0.5) is 0 Å². The normalized spacial score (nSPS) is 10.3. The van der Waals surface area contributed by atoms with Crippen molar-refractivity contribution in [3.63, 3.8) is 0 Å². The van der Waals surface area contributed by atoms with E-state index in [-0.39, 0.29) is 11.5 Å². The van der Waals surface area contributed by atoms with Crippen LogP contribution in [0.25, 0.3) is 0 Å². The maximum Gasteiger partial charge on any atom is 0.160 e. The molecule has 2 aromatic carbocycles. The first-order valence-corrected chi connectivity index (χ1v) is 7.93. The Bertz CT molecular complexity index is 716. The Hall–Kier alpha value is -2.62. The van der Waals surface area contributed by atoms with Crippen LogP contribution in [-0.4, -0.2) is 23.9 Å². The van der Waals surface area contributed by atoms with Gasteiger partial charge in [-0.2, -0.15) is 0 Å². The average molecular weight is 328 g/mol. The number of methoxy groups -OCH3 is 1. The van der Waals surface area contributed by atoms with Gasteiger partial charge in [-0.15, -0.1) is 0 Å². The molecule has 0 radical (unpaired) electrons. The molecule has 0 spiro atoms. The largest absolute Gasteiger partial charge is 0.508 e. The highest BCUT2D eigenvalue weighted by atomic mass is 16.5. The van der Waals surface area contributed by atoms with Gasteiger partial charge in [0, 0.05) is 6.07 Å². The predicted molar refractivity (Wildman–Crippen MR) is 95.1 cm³/mol. The van der Waals surface area contributed by atoms with Crippen LogP contribution in [0.2, 0.25) is 0 Å². The Labute approximate surface area is 143 Å². The maximum atomic E-state index is 9.87. The van der Waals surface area contributed by atoms with Gasteiger partial charge in [-0.3, -0.25) is 0 Å². The smallest absolute Gasteiger partial charge is 0.160 e. The molecule has 4 nitrogen and oxygen atoms in total. The number of hydrogen-bond acceptors (Lipinski definition) is 4. The van der Waals surface area contributed by atoms with Gasteiger partial charge in [0.2, 0.25) is 0 Å². The van der Waals surface area contributed by atoms with E-state index in [0.29, 0.717) is 18.1 Å². The fourth-order valence-electron chi connectivity index (χ4n) is 2.34. The van der Waals surface area contributed by atoms with Gasteiger partial charge in [0.15, 0.2) is 11.5 Å². The highest BCUT2D eigenvalue weighted by Gasteiger charge is 2.05. The van der Waals surface area contributed by atoms with Crippen molar-refractivity contribution in [1.29, 1.82) is 0 Å². The summed E-state index contributed by atoms with van der Waals surface area (Å²) in [5.41, 5.74) is 3.24. The minimum absolute atomic E-state index is 0.133. The molecule has 0 saturated carbocycles. The van der Waals surface area contributed by atoms with Crippen LogP contribution in [-0.2, 0) is 12.8 Å². The van der Waals surface area contributed by atoms with Crippen molar-refractivity contribution in [2.24, 2.45) is 0 Å². The SMILES string of the molecule is COc1cc(CCc2cc(O)cc(OCC=C(C)C)c2)ccc1O. The van der Waals surface area contributed by atoms with Crippen LogP contribution in [0.5, 0.6) is 23.0 Å². The number of ether oxygens (including phenoxy) is 2. The van der Waals surface area contributed by atoms with E-state index in [1.54, 1.807) is 18.2 Å². The molecule has 0 fully saturated rings. The molecule has 128 valence electrons. The van der Waals surface area contributed by atoms with Crippen molar-refractivity contribution in [1.82, 2.24) is 0 Å². The standard InChI is InChI=1S/C20H24O4/c1-14(2)8-9-24-18-11-16(10-17(21)13-18)5-4-15-6-7-19(22)20(12-15)23-3/h6-8,10-13,21-22H,4-5,9H2,1-3H3. The number of allylic oxidation sites excluding steroid dienone is 1. The minimum Gasteiger partial charge on any atom is -0.508 e. The second-order valence-electron chi connectivity index (χ2n) is 5.93. The predicted octanol–water partition coefficient (Wildman–Crippen LogP) is 4.24. The highest BCUT2D eigenvalue weighted by molar-refractivity contribution is 5.42. The van der Waals surface area contributed by atoms with Crippen molar-refractivity contribution >= 4 is 0 Å². The summed E-state index contributed by atoms with van der Waals surface area (Å²) in [6.07, 6.45) is 3.52. The molecule has 0 aliphatic carbocycles. The molecule has 0 aliphatic rings. The lowest BCUT2D eigenvalue weighted by Crippen LogP contribution is -1.97. The van der Waals surface area contributed by atoms with Gasteiger partial charge in [-0.05, 0) is 68.2 Å². The van der Waals surface area contributed by atoms with Crippen molar-refractivity contribution < 1.29 is 19.7 Å². The van der Waals surface area contributed by atoms with Crippen LogP contribution in [0.3, 0.4) is 0 Å². The molecular formula is C20H24O4. The van der Waals surface area contributed by atoms with Gasteiger partial charge >= 0.3 is 0 Å². The molecule has 0 amide bonds. The molecule has 0 unspecified atom stereocenters. The quantitative estimate of drug-likeness (QED) is 0.747. The number of aromatic hydroxyl groups is 2. The van der Waals surface area contributed by atoms with E-state index in [9.17, 15) is 10.2 Å². The molecule has 4 heteroatoms. The lowest BCUT2D eigenvalue weighted by molar-refractivity contribution is 0.358.